The molecule has 1 aromatic rings. The molecule has 0 spiro atoms. The second kappa shape index (κ2) is 6.16. The van der Waals surface area contributed by atoms with E-state index in [4.69, 9.17) is 9.47 Å². The van der Waals surface area contributed by atoms with Crippen LogP contribution >= 0.6 is 0 Å². The second-order valence-corrected chi connectivity index (χ2v) is 7.34. The number of rotatable bonds is 0. The van der Waals surface area contributed by atoms with Crippen LogP contribution in [0.15, 0.2) is 12.1 Å². The molecule has 2 aliphatic heterocycles. The van der Waals surface area contributed by atoms with E-state index in [0.717, 1.165) is 18.9 Å². The van der Waals surface area contributed by atoms with Gasteiger partial charge in [0, 0.05) is 12.1 Å². The topological polar surface area (TPSA) is 51.7 Å². The van der Waals surface area contributed by atoms with Crippen molar-refractivity contribution in [1.29, 1.82) is 0 Å². The molecule has 0 bridgehead atoms. The average molecular weight is 358 g/mol. The van der Waals surface area contributed by atoms with Gasteiger partial charge < -0.3 is 9.47 Å². The fourth-order valence-electron chi connectivity index (χ4n) is 3.27. The van der Waals surface area contributed by atoms with E-state index in [1.807, 2.05) is 0 Å². The molecule has 1 aromatic heterocycles. The van der Waals surface area contributed by atoms with Crippen LogP contribution in [0, 0.1) is 0 Å². The molecule has 1 amide bonds. The SMILES string of the molecule is CC(C)(C)OC(=O)N1CCC[C@@H]2OCc3nc(C(F)(F)F)ccc3[C@@H]21. The van der Waals surface area contributed by atoms with Crippen molar-refractivity contribution in [3.05, 3.63) is 29.1 Å². The lowest BCUT2D eigenvalue weighted by Crippen LogP contribution is -2.49. The Balaban J connectivity index is 1.94. The zero-order chi connectivity index (χ0) is 18.4. The molecule has 1 saturated heterocycles. The maximum absolute atomic E-state index is 12.9. The highest BCUT2D eigenvalue weighted by Gasteiger charge is 2.43. The van der Waals surface area contributed by atoms with Crippen LogP contribution in [0.25, 0.3) is 0 Å². The fraction of sp³-hybridized carbons (Fsp3) is 0.647. The zero-order valence-corrected chi connectivity index (χ0v) is 14.4. The van der Waals surface area contributed by atoms with Crippen LogP contribution in [0.5, 0.6) is 0 Å². The summed E-state index contributed by atoms with van der Waals surface area (Å²) in [6.45, 7) is 5.81. The zero-order valence-electron chi connectivity index (χ0n) is 14.4. The van der Waals surface area contributed by atoms with Gasteiger partial charge in [-0.3, -0.25) is 4.90 Å². The lowest BCUT2D eigenvalue weighted by molar-refractivity contribution is -0.141. The van der Waals surface area contributed by atoms with Gasteiger partial charge in [0.1, 0.15) is 11.3 Å². The minimum Gasteiger partial charge on any atom is -0.444 e. The molecule has 0 aromatic carbocycles. The number of ether oxygens (including phenoxy) is 2. The van der Waals surface area contributed by atoms with Crippen LogP contribution in [0.1, 0.15) is 56.6 Å². The average Bonchev–Trinajstić information content (AvgIpc) is 2.51. The molecule has 0 unspecified atom stereocenters. The normalized spacial score (nSPS) is 23.7. The predicted octanol–water partition coefficient (Wildman–Crippen LogP) is 4.07. The van der Waals surface area contributed by atoms with Gasteiger partial charge in [-0.15, -0.1) is 0 Å². The summed E-state index contributed by atoms with van der Waals surface area (Å²) in [6, 6.07) is 1.90. The number of fused-ring (bicyclic) bond motifs is 3. The molecule has 3 rings (SSSR count). The second-order valence-electron chi connectivity index (χ2n) is 7.34. The number of likely N-dealkylation sites (tertiary alicyclic amines) is 1. The van der Waals surface area contributed by atoms with Gasteiger partial charge in [-0.1, -0.05) is 6.07 Å². The molecule has 0 aliphatic carbocycles. The van der Waals surface area contributed by atoms with Crippen molar-refractivity contribution in [2.24, 2.45) is 0 Å². The Morgan fingerprint density at radius 1 is 1.32 bits per heavy atom. The van der Waals surface area contributed by atoms with E-state index in [2.05, 4.69) is 4.98 Å². The monoisotopic (exact) mass is 358 g/mol. The van der Waals surface area contributed by atoms with E-state index in [-0.39, 0.29) is 18.4 Å². The number of alkyl halides is 3. The highest BCUT2D eigenvalue weighted by atomic mass is 19.4. The van der Waals surface area contributed by atoms with E-state index in [1.165, 1.54) is 6.07 Å². The van der Waals surface area contributed by atoms with E-state index in [9.17, 15) is 18.0 Å². The first-order valence-corrected chi connectivity index (χ1v) is 8.24. The highest BCUT2D eigenvalue weighted by Crippen LogP contribution is 2.40. The van der Waals surface area contributed by atoms with Crippen LogP contribution in [0.3, 0.4) is 0 Å². The number of pyridine rings is 1. The van der Waals surface area contributed by atoms with E-state index in [1.54, 1.807) is 25.7 Å². The summed E-state index contributed by atoms with van der Waals surface area (Å²) in [6.07, 6.45) is -3.76. The Labute approximate surface area is 144 Å². The van der Waals surface area contributed by atoms with E-state index < -0.39 is 29.6 Å². The predicted molar refractivity (Wildman–Crippen MR) is 82.7 cm³/mol. The van der Waals surface area contributed by atoms with Crippen LogP contribution in [0.2, 0.25) is 0 Å². The largest absolute Gasteiger partial charge is 0.444 e. The smallest absolute Gasteiger partial charge is 0.433 e. The number of amides is 1. The maximum atomic E-state index is 12.9. The quantitative estimate of drug-likeness (QED) is 0.701. The highest BCUT2D eigenvalue weighted by molar-refractivity contribution is 5.69. The van der Waals surface area contributed by atoms with Gasteiger partial charge in [0.25, 0.3) is 0 Å². The molecule has 138 valence electrons. The van der Waals surface area contributed by atoms with Gasteiger partial charge in [0.15, 0.2) is 0 Å². The number of carbonyl (C=O) groups is 1. The van der Waals surface area contributed by atoms with Gasteiger partial charge >= 0.3 is 12.3 Å². The number of hydrogen-bond donors (Lipinski definition) is 0. The van der Waals surface area contributed by atoms with Gasteiger partial charge in [-0.05, 0) is 39.7 Å². The summed E-state index contributed by atoms with van der Waals surface area (Å²) in [7, 11) is 0. The molecule has 0 radical (unpaired) electrons. The Hall–Kier alpha value is -1.83. The molecule has 3 heterocycles. The summed E-state index contributed by atoms with van der Waals surface area (Å²) in [5.41, 5.74) is -0.768. The van der Waals surface area contributed by atoms with Crippen LogP contribution < -0.4 is 0 Å². The third kappa shape index (κ3) is 3.73. The summed E-state index contributed by atoms with van der Waals surface area (Å²) >= 11 is 0. The fourth-order valence-corrected chi connectivity index (χ4v) is 3.27. The lowest BCUT2D eigenvalue weighted by Gasteiger charge is -2.44. The molecule has 5 nitrogen and oxygen atoms in total. The summed E-state index contributed by atoms with van der Waals surface area (Å²) in [4.78, 5) is 17.8. The van der Waals surface area contributed by atoms with Crippen LogP contribution in [0.4, 0.5) is 18.0 Å². The van der Waals surface area contributed by atoms with Crippen molar-refractivity contribution in [2.75, 3.05) is 6.54 Å². The summed E-state index contributed by atoms with van der Waals surface area (Å²) < 4.78 is 49.8. The molecule has 8 heteroatoms. The van der Waals surface area contributed by atoms with Crippen molar-refractivity contribution in [3.63, 3.8) is 0 Å². The summed E-state index contributed by atoms with van der Waals surface area (Å²) in [5, 5.41) is 0. The minimum absolute atomic E-state index is 0.0164. The molecule has 25 heavy (non-hydrogen) atoms. The van der Waals surface area contributed by atoms with E-state index >= 15 is 0 Å². The third-order valence-corrected chi connectivity index (χ3v) is 4.26. The van der Waals surface area contributed by atoms with Crippen LogP contribution in [-0.2, 0) is 22.3 Å². The number of hydrogen-bond acceptors (Lipinski definition) is 4. The van der Waals surface area contributed by atoms with Crippen molar-refractivity contribution in [3.8, 4) is 0 Å². The molecule has 0 N–H and O–H groups in total. The Kier molecular flexibility index (Phi) is 4.43. The van der Waals surface area contributed by atoms with Gasteiger partial charge in [0.05, 0.1) is 24.4 Å². The minimum atomic E-state index is -4.51. The number of carbonyl (C=O) groups excluding carboxylic acids is 1. The van der Waals surface area contributed by atoms with Crippen molar-refractivity contribution >= 4 is 6.09 Å². The van der Waals surface area contributed by atoms with E-state index in [0.29, 0.717) is 12.1 Å². The Morgan fingerprint density at radius 2 is 2.04 bits per heavy atom. The van der Waals surface area contributed by atoms with Gasteiger partial charge in [-0.25, -0.2) is 9.78 Å². The molecule has 1 fully saturated rings. The van der Waals surface area contributed by atoms with Crippen molar-refractivity contribution in [2.45, 2.75) is 64.1 Å². The maximum Gasteiger partial charge on any atom is 0.433 e. The Morgan fingerprint density at radius 3 is 2.68 bits per heavy atom. The lowest BCUT2D eigenvalue weighted by atomic mass is 9.89. The number of aromatic nitrogens is 1. The molecular formula is C17H21F3N2O3. The first-order valence-electron chi connectivity index (χ1n) is 8.24. The first-order chi connectivity index (χ1) is 11.6. The first kappa shape index (κ1) is 18.0. The third-order valence-electron chi connectivity index (χ3n) is 4.26. The molecule has 2 atom stereocenters. The number of halogens is 3. The van der Waals surface area contributed by atoms with Gasteiger partial charge in [0.2, 0.25) is 0 Å². The Bertz CT molecular complexity index is 670. The molecule has 0 saturated carbocycles. The summed E-state index contributed by atoms with van der Waals surface area (Å²) in [5.74, 6) is 0. The van der Waals surface area contributed by atoms with Crippen LogP contribution in [-0.4, -0.2) is 34.2 Å². The molecule has 2 aliphatic rings. The molecular weight excluding hydrogens is 337 g/mol. The van der Waals surface area contributed by atoms with Crippen molar-refractivity contribution < 1.29 is 27.4 Å². The number of piperidine rings is 1. The van der Waals surface area contributed by atoms with Gasteiger partial charge in [-0.2, -0.15) is 13.2 Å². The number of nitrogens with zero attached hydrogens (tertiary/aromatic N) is 2. The van der Waals surface area contributed by atoms with Crippen molar-refractivity contribution in [1.82, 2.24) is 9.88 Å². The standard InChI is InChI=1S/C17H21F3N2O3/c1-16(2,3)25-15(23)22-8-4-5-12-14(22)10-6-7-13(17(18,19)20)21-11(10)9-24-12/h6-7,12,14H,4-5,8-9H2,1-3H3/t12-,14-/m0/s1.